The molecular weight excluding hydrogens is 260 g/mol. The molecule has 0 aliphatic carbocycles. The van der Waals surface area contributed by atoms with E-state index in [0.717, 1.165) is 5.69 Å². The van der Waals surface area contributed by atoms with E-state index in [9.17, 15) is 4.79 Å². The fraction of sp³-hybridized carbons (Fsp3) is 0.538. The van der Waals surface area contributed by atoms with Crippen molar-refractivity contribution in [1.82, 2.24) is 10.3 Å². The van der Waals surface area contributed by atoms with Crippen LogP contribution in [0.3, 0.4) is 0 Å². The molecule has 0 saturated heterocycles. The Morgan fingerprint density at radius 1 is 1.40 bits per heavy atom. The van der Waals surface area contributed by atoms with Crippen LogP contribution in [-0.4, -0.2) is 58.9 Å². The molecule has 0 radical (unpaired) electrons. The number of pyridine rings is 1. The summed E-state index contributed by atoms with van der Waals surface area (Å²) in [6, 6.07) is 1.82. The molecule has 0 atom stereocenters. The number of nitrogens with one attached hydrogen (secondary N) is 2. The van der Waals surface area contributed by atoms with E-state index in [2.05, 4.69) is 15.6 Å². The third kappa shape index (κ3) is 4.67. The molecular formula is C13H22N4O3. The highest BCUT2D eigenvalue weighted by atomic mass is 16.5. The maximum atomic E-state index is 11.9. The van der Waals surface area contributed by atoms with Gasteiger partial charge in [0, 0.05) is 33.9 Å². The quantitative estimate of drug-likeness (QED) is 0.669. The second-order valence-corrected chi connectivity index (χ2v) is 4.33. The Balaban J connectivity index is 2.72. The molecule has 1 amide bonds. The average molecular weight is 282 g/mol. The summed E-state index contributed by atoms with van der Waals surface area (Å²) in [7, 11) is 6.92. The van der Waals surface area contributed by atoms with E-state index in [4.69, 9.17) is 9.47 Å². The summed E-state index contributed by atoms with van der Waals surface area (Å²) in [5.41, 5.74) is 1.40. The van der Waals surface area contributed by atoms with Crippen LogP contribution in [0.1, 0.15) is 0 Å². The van der Waals surface area contributed by atoms with Gasteiger partial charge >= 0.3 is 0 Å². The van der Waals surface area contributed by atoms with E-state index < -0.39 is 0 Å². The molecule has 0 unspecified atom stereocenters. The first-order valence-corrected chi connectivity index (χ1v) is 6.30. The number of methoxy groups -OCH3 is 2. The summed E-state index contributed by atoms with van der Waals surface area (Å²) in [4.78, 5) is 17.9. The molecule has 0 spiro atoms. The zero-order valence-corrected chi connectivity index (χ0v) is 12.4. The Morgan fingerprint density at radius 3 is 2.75 bits per heavy atom. The summed E-state index contributed by atoms with van der Waals surface area (Å²) in [6.45, 7) is 1.38. The number of aromatic nitrogens is 1. The van der Waals surface area contributed by atoms with Gasteiger partial charge in [0.2, 0.25) is 11.8 Å². The van der Waals surface area contributed by atoms with Crippen molar-refractivity contribution in [3.05, 3.63) is 12.3 Å². The Kier molecular flexibility index (Phi) is 6.75. The molecule has 0 aliphatic rings. The van der Waals surface area contributed by atoms with Crippen LogP contribution in [0.2, 0.25) is 0 Å². The van der Waals surface area contributed by atoms with E-state index in [1.807, 2.05) is 25.1 Å². The largest absolute Gasteiger partial charge is 0.479 e. The van der Waals surface area contributed by atoms with Crippen molar-refractivity contribution >= 4 is 17.3 Å². The molecule has 1 heterocycles. The van der Waals surface area contributed by atoms with Crippen LogP contribution in [0.25, 0.3) is 0 Å². The van der Waals surface area contributed by atoms with Gasteiger partial charge in [0.05, 0.1) is 25.9 Å². The Labute approximate surface area is 119 Å². The normalized spacial score (nSPS) is 10.2. The number of carbonyl (C=O) groups is 1. The van der Waals surface area contributed by atoms with Gasteiger partial charge in [0.25, 0.3) is 0 Å². The number of hydrogen-bond acceptors (Lipinski definition) is 6. The van der Waals surface area contributed by atoms with Gasteiger partial charge in [-0.1, -0.05) is 0 Å². The van der Waals surface area contributed by atoms with Crippen molar-refractivity contribution < 1.29 is 14.3 Å². The van der Waals surface area contributed by atoms with Gasteiger partial charge in [-0.25, -0.2) is 4.98 Å². The minimum atomic E-state index is -0.157. The first-order valence-electron chi connectivity index (χ1n) is 6.30. The van der Waals surface area contributed by atoms with Gasteiger partial charge < -0.3 is 25.0 Å². The third-order valence-electron chi connectivity index (χ3n) is 2.60. The smallest absolute Gasteiger partial charge is 0.239 e. The topological polar surface area (TPSA) is 75.7 Å². The zero-order chi connectivity index (χ0) is 15.0. The van der Waals surface area contributed by atoms with E-state index in [1.54, 1.807) is 13.3 Å². The summed E-state index contributed by atoms with van der Waals surface area (Å²) in [5.74, 6) is 0.233. The van der Waals surface area contributed by atoms with Gasteiger partial charge in [-0.2, -0.15) is 0 Å². The molecule has 1 rings (SSSR count). The maximum Gasteiger partial charge on any atom is 0.239 e. The van der Waals surface area contributed by atoms with Crippen LogP contribution in [-0.2, 0) is 9.53 Å². The summed E-state index contributed by atoms with van der Waals surface area (Å²) >= 11 is 0. The van der Waals surface area contributed by atoms with Crippen molar-refractivity contribution in [2.75, 3.05) is 58.2 Å². The fourth-order valence-electron chi connectivity index (χ4n) is 1.64. The van der Waals surface area contributed by atoms with Gasteiger partial charge in [0.15, 0.2) is 0 Å². The number of rotatable bonds is 8. The number of anilines is 2. The van der Waals surface area contributed by atoms with Crippen LogP contribution in [0.15, 0.2) is 12.3 Å². The van der Waals surface area contributed by atoms with E-state index >= 15 is 0 Å². The van der Waals surface area contributed by atoms with Crippen LogP contribution < -0.4 is 20.3 Å². The van der Waals surface area contributed by atoms with Gasteiger partial charge in [-0.3, -0.25) is 4.79 Å². The van der Waals surface area contributed by atoms with Gasteiger partial charge in [0.1, 0.15) is 5.69 Å². The van der Waals surface area contributed by atoms with Crippen molar-refractivity contribution in [3.8, 4) is 5.88 Å². The number of amides is 1. The molecule has 0 bridgehead atoms. The van der Waals surface area contributed by atoms with Gasteiger partial charge in [-0.05, 0) is 6.07 Å². The predicted octanol–water partition coefficient (Wildman–Crippen LogP) is 0.331. The number of ether oxygens (including phenoxy) is 2. The SMILES string of the molecule is COCCNCC(=O)Nc1c(N(C)C)ccnc1OC. The first kappa shape index (κ1) is 16.2. The van der Waals surface area contributed by atoms with Crippen LogP contribution in [0.5, 0.6) is 5.88 Å². The van der Waals surface area contributed by atoms with Crippen molar-refractivity contribution in [2.24, 2.45) is 0 Å². The summed E-state index contributed by atoms with van der Waals surface area (Å²) < 4.78 is 10.1. The highest BCUT2D eigenvalue weighted by Crippen LogP contribution is 2.31. The lowest BCUT2D eigenvalue weighted by molar-refractivity contribution is -0.115. The summed E-state index contributed by atoms with van der Waals surface area (Å²) in [5, 5.41) is 5.80. The minimum absolute atomic E-state index is 0.157. The molecule has 112 valence electrons. The molecule has 0 saturated carbocycles. The number of carbonyl (C=O) groups excluding carboxylic acids is 1. The second kappa shape index (κ2) is 8.34. The predicted molar refractivity (Wildman–Crippen MR) is 78.5 cm³/mol. The minimum Gasteiger partial charge on any atom is -0.479 e. The van der Waals surface area contributed by atoms with Crippen LogP contribution in [0, 0.1) is 0 Å². The molecule has 20 heavy (non-hydrogen) atoms. The first-order chi connectivity index (χ1) is 9.60. The highest BCUT2D eigenvalue weighted by Gasteiger charge is 2.14. The highest BCUT2D eigenvalue weighted by molar-refractivity contribution is 5.97. The van der Waals surface area contributed by atoms with Crippen molar-refractivity contribution in [3.63, 3.8) is 0 Å². The molecule has 0 aliphatic heterocycles. The second-order valence-electron chi connectivity index (χ2n) is 4.33. The standard InChI is InChI=1S/C13H22N4O3/c1-17(2)10-5-6-15-13(20-4)12(10)16-11(18)9-14-7-8-19-3/h5-6,14H,7-9H2,1-4H3,(H,16,18). The lowest BCUT2D eigenvalue weighted by atomic mass is 10.3. The zero-order valence-electron chi connectivity index (χ0n) is 12.4. The lowest BCUT2D eigenvalue weighted by Gasteiger charge is -2.19. The van der Waals surface area contributed by atoms with E-state index in [-0.39, 0.29) is 12.5 Å². The monoisotopic (exact) mass is 282 g/mol. The van der Waals surface area contributed by atoms with Crippen molar-refractivity contribution in [1.29, 1.82) is 0 Å². The van der Waals surface area contributed by atoms with Gasteiger partial charge in [-0.15, -0.1) is 0 Å². The molecule has 2 N–H and O–H groups in total. The van der Waals surface area contributed by atoms with Crippen LogP contribution in [0.4, 0.5) is 11.4 Å². The Morgan fingerprint density at radius 2 is 2.15 bits per heavy atom. The van der Waals surface area contributed by atoms with Crippen LogP contribution >= 0.6 is 0 Å². The van der Waals surface area contributed by atoms with E-state index in [0.29, 0.717) is 24.7 Å². The fourth-order valence-corrected chi connectivity index (χ4v) is 1.64. The number of nitrogens with zero attached hydrogens (tertiary/aromatic N) is 2. The Bertz CT molecular complexity index is 438. The molecule has 0 fully saturated rings. The molecule has 7 nitrogen and oxygen atoms in total. The molecule has 1 aromatic rings. The molecule has 0 aromatic carbocycles. The third-order valence-corrected chi connectivity index (χ3v) is 2.60. The Hall–Kier alpha value is -1.86. The molecule has 7 heteroatoms. The molecule has 1 aromatic heterocycles. The van der Waals surface area contributed by atoms with E-state index in [1.165, 1.54) is 7.11 Å². The lowest BCUT2D eigenvalue weighted by Crippen LogP contribution is -2.31. The number of hydrogen-bond donors (Lipinski definition) is 2. The summed E-state index contributed by atoms with van der Waals surface area (Å²) in [6.07, 6.45) is 1.64. The maximum absolute atomic E-state index is 11.9. The average Bonchev–Trinajstić information content (AvgIpc) is 2.43. The van der Waals surface area contributed by atoms with Crippen molar-refractivity contribution in [2.45, 2.75) is 0 Å².